The molecule has 0 bridgehead atoms. The SMILES string of the molecule is COc1ccc(Cn2nnnc2C=Cc2c(N3CCC(OC(=O)NCC[N+](C)(C)C)CC3)nc3cc(C(=O)Nc4nc(C(C)(C)C)cs4)ccn3c2=O)cc1. The summed E-state index contributed by atoms with van der Waals surface area (Å²) in [5.74, 6) is 1.26. The number of carbonyl (C=O) groups is 2. The van der Waals surface area contributed by atoms with Gasteiger partial charge in [-0.2, -0.15) is 0 Å². The molecule has 16 nitrogen and oxygen atoms in total. The van der Waals surface area contributed by atoms with Gasteiger partial charge in [0.15, 0.2) is 11.0 Å². The number of carbonyl (C=O) groups excluding carboxylic acids is 2. The van der Waals surface area contributed by atoms with E-state index >= 15 is 0 Å². The summed E-state index contributed by atoms with van der Waals surface area (Å²) in [4.78, 5) is 51.7. The maximum absolute atomic E-state index is 14.2. The highest BCUT2D eigenvalue weighted by molar-refractivity contribution is 7.14. The fraction of sp³-hybridized carbons (Fsp3) is 0.421. The second-order valence-electron chi connectivity index (χ2n) is 15.4. The minimum Gasteiger partial charge on any atom is -0.497 e. The largest absolute Gasteiger partial charge is 0.497 e. The zero-order chi connectivity index (χ0) is 39.3. The Labute approximate surface area is 323 Å². The van der Waals surface area contributed by atoms with Crippen molar-refractivity contribution < 1.29 is 23.5 Å². The highest BCUT2D eigenvalue weighted by atomic mass is 32.1. The molecule has 5 aromatic rings. The first-order valence-electron chi connectivity index (χ1n) is 18.1. The third kappa shape index (κ3) is 9.90. The Morgan fingerprint density at radius 1 is 1.05 bits per heavy atom. The number of thiazole rings is 1. The van der Waals surface area contributed by atoms with Crippen LogP contribution in [0.5, 0.6) is 5.75 Å². The average Bonchev–Trinajstić information content (AvgIpc) is 3.81. The van der Waals surface area contributed by atoms with Gasteiger partial charge < -0.3 is 24.2 Å². The highest BCUT2D eigenvalue weighted by Gasteiger charge is 2.27. The molecule has 1 aliphatic rings. The number of rotatable bonds is 12. The van der Waals surface area contributed by atoms with Gasteiger partial charge in [0.05, 0.1) is 59.1 Å². The van der Waals surface area contributed by atoms with Crippen molar-refractivity contribution in [3.63, 3.8) is 0 Å². The van der Waals surface area contributed by atoms with Crippen molar-refractivity contribution in [1.29, 1.82) is 0 Å². The van der Waals surface area contributed by atoms with E-state index in [0.29, 0.717) is 72.6 Å². The van der Waals surface area contributed by atoms with Crippen LogP contribution in [0.1, 0.15) is 66.6 Å². The lowest BCUT2D eigenvalue weighted by Crippen LogP contribution is -2.44. The van der Waals surface area contributed by atoms with E-state index in [1.807, 2.05) is 34.5 Å². The normalized spacial score (nSPS) is 14.1. The number of quaternary nitrogens is 1. The number of nitrogens with one attached hydrogen (secondary N) is 2. The van der Waals surface area contributed by atoms with Crippen molar-refractivity contribution in [2.45, 2.75) is 51.7 Å². The Kier molecular flexibility index (Phi) is 11.6. The number of tetrazole rings is 1. The van der Waals surface area contributed by atoms with Crippen molar-refractivity contribution >= 4 is 52.1 Å². The maximum Gasteiger partial charge on any atom is 0.407 e. The van der Waals surface area contributed by atoms with Gasteiger partial charge in [-0.1, -0.05) is 32.9 Å². The highest BCUT2D eigenvalue weighted by Crippen LogP contribution is 2.28. The summed E-state index contributed by atoms with van der Waals surface area (Å²) in [5, 5.41) is 20.4. The number of benzene rings is 1. The van der Waals surface area contributed by atoms with E-state index < -0.39 is 6.09 Å². The summed E-state index contributed by atoms with van der Waals surface area (Å²) in [5.41, 5.74) is 2.32. The summed E-state index contributed by atoms with van der Waals surface area (Å²) < 4.78 is 14.8. The van der Waals surface area contributed by atoms with Crippen molar-refractivity contribution in [3.8, 4) is 5.75 Å². The molecule has 2 N–H and O–H groups in total. The number of likely N-dealkylation sites (N-methyl/N-ethyl adjacent to an activating group) is 1. The van der Waals surface area contributed by atoms with E-state index in [1.54, 1.807) is 42.3 Å². The van der Waals surface area contributed by atoms with Crippen LogP contribution in [-0.2, 0) is 16.7 Å². The maximum atomic E-state index is 14.2. The van der Waals surface area contributed by atoms with Crippen LogP contribution in [-0.4, -0.2) is 112 Å². The van der Waals surface area contributed by atoms with Crippen molar-refractivity contribution in [2.24, 2.45) is 0 Å². The van der Waals surface area contributed by atoms with Gasteiger partial charge in [-0.05, 0) is 52.4 Å². The molecule has 6 rings (SSSR count). The topological polar surface area (TPSA) is 171 Å². The molecule has 0 atom stereocenters. The summed E-state index contributed by atoms with van der Waals surface area (Å²) in [7, 11) is 7.79. The Hall–Kier alpha value is -5.68. The predicted molar refractivity (Wildman–Crippen MR) is 212 cm³/mol. The number of ether oxygens (including phenoxy) is 2. The van der Waals surface area contributed by atoms with Gasteiger partial charge in [-0.15, -0.1) is 16.4 Å². The summed E-state index contributed by atoms with van der Waals surface area (Å²) in [6, 6.07) is 10.8. The van der Waals surface area contributed by atoms with Crippen LogP contribution in [0.4, 0.5) is 15.7 Å². The number of pyridine rings is 1. The molecule has 290 valence electrons. The summed E-state index contributed by atoms with van der Waals surface area (Å²) in [6.45, 7) is 8.83. The van der Waals surface area contributed by atoms with Crippen LogP contribution in [0, 0.1) is 0 Å². The predicted octanol–water partition coefficient (Wildman–Crippen LogP) is 4.32. The summed E-state index contributed by atoms with van der Waals surface area (Å²) >= 11 is 1.36. The number of nitrogens with zero attached hydrogens (tertiary/aromatic N) is 9. The number of amides is 2. The molecule has 1 saturated heterocycles. The van der Waals surface area contributed by atoms with E-state index in [1.165, 1.54) is 15.7 Å². The molecule has 1 aliphatic heterocycles. The molecule has 0 unspecified atom stereocenters. The molecule has 1 aromatic carbocycles. The first-order chi connectivity index (χ1) is 26.2. The number of fused-ring (bicyclic) bond motifs is 1. The van der Waals surface area contributed by atoms with E-state index in [4.69, 9.17) is 14.5 Å². The summed E-state index contributed by atoms with van der Waals surface area (Å²) in [6.07, 6.45) is 5.27. The molecular weight excluding hydrogens is 723 g/mol. The number of alkyl carbamates (subject to hydrolysis) is 1. The smallest absolute Gasteiger partial charge is 0.407 e. The van der Waals surface area contributed by atoms with E-state index in [0.717, 1.165) is 28.0 Å². The van der Waals surface area contributed by atoms with Crippen LogP contribution in [0.15, 0.2) is 52.8 Å². The van der Waals surface area contributed by atoms with Gasteiger partial charge in [0.2, 0.25) is 0 Å². The lowest BCUT2D eigenvalue weighted by molar-refractivity contribution is -0.869. The fourth-order valence-electron chi connectivity index (χ4n) is 5.89. The number of anilines is 2. The van der Waals surface area contributed by atoms with Gasteiger partial charge in [0.25, 0.3) is 11.5 Å². The Balaban J connectivity index is 1.27. The molecule has 4 aromatic heterocycles. The molecular formula is C38H48N11O5S+. The quantitative estimate of drug-likeness (QED) is 0.173. The molecule has 17 heteroatoms. The van der Waals surface area contributed by atoms with Crippen LogP contribution in [0.2, 0.25) is 0 Å². The fourth-order valence-corrected chi connectivity index (χ4v) is 6.82. The minimum absolute atomic E-state index is 0.155. The molecule has 5 heterocycles. The molecule has 2 amide bonds. The minimum atomic E-state index is -0.442. The van der Waals surface area contributed by atoms with Crippen LogP contribution in [0.3, 0.4) is 0 Å². The standard InChI is InChI=1S/C38H47N11O5S/c1-38(2,3)30-24-55-36(40-30)42-34(50)26-14-20-47-32(22-26)41-33(46-18-15-28(16-19-46)54-37(52)39-17-21-49(4,5)6)29(35(47)51)12-13-31-43-44-45-48(31)23-25-8-10-27(53-7)11-9-25/h8-14,20,22,24,28H,15-19,21,23H2,1-7H3,(H-,39,40,42,50,52)/p+1. The third-order valence-corrected chi connectivity index (χ3v) is 9.88. The lowest BCUT2D eigenvalue weighted by atomic mass is 9.93. The number of hydrogen-bond acceptors (Lipinski definition) is 12. The van der Waals surface area contributed by atoms with E-state index in [9.17, 15) is 14.4 Å². The average molecular weight is 771 g/mol. The van der Waals surface area contributed by atoms with Gasteiger partial charge in [0, 0.05) is 48.5 Å². The Morgan fingerprint density at radius 2 is 1.80 bits per heavy atom. The molecule has 0 saturated carbocycles. The van der Waals surface area contributed by atoms with Crippen LogP contribution < -0.4 is 25.8 Å². The van der Waals surface area contributed by atoms with Gasteiger partial charge in [-0.3, -0.25) is 19.3 Å². The Morgan fingerprint density at radius 3 is 2.47 bits per heavy atom. The van der Waals surface area contributed by atoms with Gasteiger partial charge >= 0.3 is 6.09 Å². The van der Waals surface area contributed by atoms with Crippen molar-refractivity contribution in [1.82, 2.24) is 39.9 Å². The van der Waals surface area contributed by atoms with Gasteiger partial charge in [0.1, 0.15) is 23.3 Å². The third-order valence-electron chi connectivity index (χ3n) is 9.12. The lowest BCUT2D eigenvalue weighted by Gasteiger charge is -2.33. The van der Waals surface area contributed by atoms with Crippen molar-refractivity contribution in [2.75, 3.05) is 64.6 Å². The second-order valence-corrected chi connectivity index (χ2v) is 16.3. The van der Waals surface area contributed by atoms with Gasteiger partial charge in [-0.25, -0.2) is 19.4 Å². The second kappa shape index (κ2) is 16.4. The zero-order valence-electron chi connectivity index (χ0n) is 32.3. The monoisotopic (exact) mass is 770 g/mol. The number of piperidine rings is 1. The number of hydrogen-bond donors (Lipinski definition) is 2. The van der Waals surface area contributed by atoms with Crippen LogP contribution >= 0.6 is 11.3 Å². The molecule has 0 aliphatic carbocycles. The number of methoxy groups -OCH3 is 1. The Bertz CT molecular complexity index is 2220. The first-order valence-corrected chi connectivity index (χ1v) is 19.0. The molecule has 55 heavy (non-hydrogen) atoms. The first kappa shape index (κ1) is 39.0. The molecule has 0 spiro atoms. The number of aromatic nitrogens is 7. The van der Waals surface area contributed by atoms with Crippen molar-refractivity contribution in [3.05, 3.63) is 86.5 Å². The zero-order valence-corrected chi connectivity index (χ0v) is 33.1. The van der Waals surface area contributed by atoms with E-state index in [-0.39, 0.29) is 23.0 Å². The van der Waals surface area contributed by atoms with E-state index in [2.05, 4.69) is 73.1 Å². The molecule has 0 radical (unpaired) electrons. The molecule has 1 fully saturated rings. The van der Waals surface area contributed by atoms with Crippen LogP contribution in [0.25, 0.3) is 17.8 Å².